The summed E-state index contributed by atoms with van der Waals surface area (Å²) in [5, 5.41) is 25.5. The van der Waals surface area contributed by atoms with Crippen molar-refractivity contribution < 1.29 is 38.9 Å². The summed E-state index contributed by atoms with van der Waals surface area (Å²) in [6, 6.07) is 14.1. The van der Waals surface area contributed by atoms with Crippen LogP contribution in [0, 0.1) is 0 Å². The van der Waals surface area contributed by atoms with Gasteiger partial charge in [-0.25, -0.2) is 19.6 Å². The maximum absolute atomic E-state index is 13.1. The number of aromatic amines is 2. The third kappa shape index (κ3) is 7.71. The van der Waals surface area contributed by atoms with Crippen molar-refractivity contribution in [2.45, 2.75) is 50.1 Å². The molecule has 16 nitrogen and oxygen atoms in total. The molecule has 4 heterocycles. The number of methoxy groups -OCH3 is 2. The molecule has 2 saturated heterocycles. The summed E-state index contributed by atoms with van der Waals surface area (Å²) in [7, 11) is 2.44. The first-order valence-corrected chi connectivity index (χ1v) is 16.5. The van der Waals surface area contributed by atoms with Crippen LogP contribution < -0.4 is 10.6 Å². The van der Waals surface area contributed by atoms with Gasteiger partial charge in [0, 0.05) is 25.9 Å². The zero-order valence-electron chi connectivity index (χ0n) is 28.3. The van der Waals surface area contributed by atoms with E-state index in [1.165, 1.54) is 24.0 Å². The van der Waals surface area contributed by atoms with Gasteiger partial charge in [-0.1, -0.05) is 48.5 Å². The van der Waals surface area contributed by atoms with Gasteiger partial charge >= 0.3 is 12.2 Å². The van der Waals surface area contributed by atoms with Crippen LogP contribution in [0.1, 0.15) is 43.5 Å². The Morgan fingerprint density at radius 2 is 1.22 bits per heavy atom. The van der Waals surface area contributed by atoms with Crippen molar-refractivity contribution in [2.24, 2.45) is 0 Å². The summed E-state index contributed by atoms with van der Waals surface area (Å²) in [4.78, 5) is 67.5. The summed E-state index contributed by atoms with van der Waals surface area (Å²) in [6.45, 7) is 1.58. The molecule has 0 saturated carbocycles. The Balaban J connectivity index is 1.10. The number of hydrogen-bond acceptors (Lipinski definition) is 10. The summed E-state index contributed by atoms with van der Waals surface area (Å²) < 4.78 is 9.13. The number of imidazole rings is 2. The minimum atomic E-state index is -0.836. The van der Waals surface area contributed by atoms with E-state index in [1.54, 1.807) is 19.3 Å². The molecule has 268 valence electrons. The lowest BCUT2D eigenvalue weighted by Gasteiger charge is -2.26. The van der Waals surface area contributed by atoms with E-state index < -0.39 is 42.5 Å². The molecule has 51 heavy (non-hydrogen) atoms. The normalized spacial score (nSPS) is 20.6. The maximum atomic E-state index is 13.1. The highest BCUT2D eigenvalue weighted by molar-refractivity contribution is 5.86. The van der Waals surface area contributed by atoms with E-state index in [4.69, 9.17) is 0 Å². The number of aliphatic hydroxyl groups is 2. The number of nitrogens with one attached hydrogen (secondary N) is 4. The molecule has 2 aliphatic rings. The quantitative estimate of drug-likeness (QED) is 0.150. The molecule has 5 atom stereocenters. The molecule has 6 N–H and O–H groups in total. The van der Waals surface area contributed by atoms with Crippen molar-refractivity contribution in [3.05, 3.63) is 72.6 Å². The second kappa shape index (κ2) is 15.0. The predicted molar refractivity (Wildman–Crippen MR) is 183 cm³/mol. The van der Waals surface area contributed by atoms with Crippen molar-refractivity contribution in [2.75, 3.05) is 33.9 Å². The molecule has 2 fully saturated rings. The molecule has 4 aromatic rings. The molecular weight excluding hydrogens is 660 g/mol. The number of amides is 4. The highest BCUT2D eigenvalue weighted by Gasteiger charge is 2.39. The number of aliphatic hydroxyl groups excluding tert-OH is 2. The second-order valence-corrected chi connectivity index (χ2v) is 12.6. The smallest absolute Gasteiger partial charge is 0.407 e. The minimum absolute atomic E-state index is 0.129. The first-order valence-electron chi connectivity index (χ1n) is 16.5. The number of β-amino-alcohol motifs (C(OH)–C–C–N with tert-alkyl or cyclic N) is 2. The van der Waals surface area contributed by atoms with Crippen molar-refractivity contribution in [1.29, 1.82) is 0 Å². The maximum Gasteiger partial charge on any atom is 0.407 e. The Morgan fingerprint density at radius 3 is 1.71 bits per heavy atom. The minimum Gasteiger partial charge on any atom is -0.453 e. The highest BCUT2D eigenvalue weighted by atomic mass is 16.5. The average molecular weight is 701 g/mol. The number of likely N-dealkylation sites (tertiary alicyclic amines) is 2. The molecule has 6 rings (SSSR count). The van der Waals surface area contributed by atoms with Crippen LogP contribution in [0.4, 0.5) is 9.59 Å². The summed E-state index contributed by atoms with van der Waals surface area (Å²) in [6.07, 6.45) is 1.18. The van der Waals surface area contributed by atoms with Crippen LogP contribution in [-0.4, -0.2) is 116 Å². The van der Waals surface area contributed by atoms with Crippen molar-refractivity contribution in [3.63, 3.8) is 0 Å². The van der Waals surface area contributed by atoms with Crippen LogP contribution >= 0.6 is 0 Å². The number of carbonyl (C=O) groups excluding carboxylic acids is 4. The fourth-order valence-electron chi connectivity index (χ4n) is 6.52. The molecule has 0 bridgehead atoms. The van der Waals surface area contributed by atoms with Crippen LogP contribution in [-0.2, 0) is 19.1 Å². The van der Waals surface area contributed by atoms with Crippen LogP contribution in [0.25, 0.3) is 33.6 Å². The SMILES string of the molecule is COC(=O)NCC(=O)N1C[C@H](O)C[C@H]1c1ncc(-c2ccc(-c3ccc(-c4cnc([C@@H]5C[C@@H](O)CN5C(=O)[C@H](C)NC(=O)OC)[nH]4)cc3)cc2)[nH]1. The van der Waals surface area contributed by atoms with Crippen molar-refractivity contribution in [3.8, 4) is 33.6 Å². The largest absolute Gasteiger partial charge is 0.453 e. The first-order chi connectivity index (χ1) is 24.5. The molecular formula is C35H40N8O8. The van der Waals surface area contributed by atoms with E-state index in [2.05, 4.69) is 40.0 Å². The fourth-order valence-corrected chi connectivity index (χ4v) is 6.52. The Hall–Kier alpha value is -5.74. The van der Waals surface area contributed by atoms with Crippen LogP contribution in [0.2, 0.25) is 0 Å². The zero-order chi connectivity index (χ0) is 36.2. The van der Waals surface area contributed by atoms with Gasteiger partial charge < -0.3 is 50.1 Å². The number of nitrogens with zero attached hydrogens (tertiary/aromatic N) is 4. The highest BCUT2D eigenvalue weighted by Crippen LogP contribution is 2.34. The van der Waals surface area contributed by atoms with Gasteiger partial charge in [-0.2, -0.15) is 0 Å². The molecule has 0 spiro atoms. The van der Waals surface area contributed by atoms with Crippen molar-refractivity contribution >= 4 is 24.0 Å². The lowest BCUT2D eigenvalue weighted by Crippen LogP contribution is -2.47. The Labute approximate surface area is 293 Å². The lowest BCUT2D eigenvalue weighted by molar-refractivity contribution is -0.134. The Kier molecular flexibility index (Phi) is 10.3. The van der Waals surface area contributed by atoms with E-state index in [1.807, 2.05) is 48.5 Å². The average Bonchev–Trinajstić information content (AvgIpc) is 3.96. The van der Waals surface area contributed by atoms with E-state index in [9.17, 15) is 29.4 Å². The topological polar surface area (TPSA) is 215 Å². The number of H-pyrrole nitrogens is 2. The van der Waals surface area contributed by atoms with Crippen LogP contribution in [0.5, 0.6) is 0 Å². The van der Waals surface area contributed by atoms with E-state index in [-0.39, 0.29) is 31.4 Å². The molecule has 2 aliphatic heterocycles. The summed E-state index contributed by atoms with van der Waals surface area (Å²) >= 11 is 0. The van der Waals surface area contributed by atoms with Gasteiger partial charge in [0.1, 0.15) is 24.2 Å². The van der Waals surface area contributed by atoms with Gasteiger partial charge in [-0.05, 0) is 29.2 Å². The van der Waals surface area contributed by atoms with Crippen LogP contribution in [0.3, 0.4) is 0 Å². The Bertz CT molecular complexity index is 1870. The zero-order valence-corrected chi connectivity index (χ0v) is 28.3. The number of aromatic nitrogens is 4. The van der Waals surface area contributed by atoms with E-state index in [0.717, 1.165) is 33.6 Å². The number of ether oxygens (including phenoxy) is 2. The fraction of sp³-hybridized carbons (Fsp3) is 0.371. The Morgan fingerprint density at radius 1 is 0.765 bits per heavy atom. The number of hydrogen-bond donors (Lipinski definition) is 6. The third-order valence-electron chi connectivity index (χ3n) is 9.17. The number of carbonyl (C=O) groups is 4. The first kappa shape index (κ1) is 35.1. The number of benzene rings is 2. The molecule has 0 unspecified atom stereocenters. The van der Waals surface area contributed by atoms with Gasteiger partial charge in [0.2, 0.25) is 11.8 Å². The molecule has 2 aromatic heterocycles. The molecule has 4 amide bonds. The van der Waals surface area contributed by atoms with E-state index >= 15 is 0 Å². The van der Waals surface area contributed by atoms with Gasteiger partial charge in [-0.15, -0.1) is 0 Å². The molecule has 2 aromatic carbocycles. The monoisotopic (exact) mass is 700 g/mol. The summed E-state index contributed by atoms with van der Waals surface area (Å²) in [5.74, 6) is 0.391. The van der Waals surface area contributed by atoms with Crippen LogP contribution in [0.15, 0.2) is 60.9 Å². The second-order valence-electron chi connectivity index (χ2n) is 12.6. The molecule has 16 heteroatoms. The van der Waals surface area contributed by atoms with Crippen molar-refractivity contribution in [1.82, 2.24) is 40.4 Å². The van der Waals surface area contributed by atoms with Gasteiger partial charge in [0.05, 0.1) is 62.3 Å². The van der Waals surface area contributed by atoms with Gasteiger partial charge in [0.25, 0.3) is 0 Å². The standard InChI is InChI=1S/C35H40N8O8/c1-19(39-35(49)51-3)33(47)43-18-25(45)13-29(43)32-37-15-27(41-32)23-10-6-21(7-11-23)20-4-8-22(9-5-20)26-14-36-31(40-26)28-12-24(44)17-42(28)30(46)16-38-34(48)50-2/h4-11,14-15,19,24-25,28-29,44-45H,12-13,16-18H2,1-3H3,(H,36,40)(H,37,41)(H,38,48)(H,39,49)/t19-,24+,25+,28-,29-/m0/s1. The molecule has 0 aliphatic carbocycles. The predicted octanol–water partition coefficient (Wildman–Crippen LogP) is 2.50. The third-order valence-corrected chi connectivity index (χ3v) is 9.17. The number of rotatable bonds is 9. The van der Waals surface area contributed by atoms with Gasteiger partial charge in [-0.3, -0.25) is 9.59 Å². The summed E-state index contributed by atoms with van der Waals surface area (Å²) in [5.41, 5.74) is 5.28. The number of alkyl carbamates (subject to hydrolysis) is 2. The molecule has 0 radical (unpaired) electrons. The van der Waals surface area contributed by atoms with Gasteiger partial charge in [0.15, 0.2) is 0 Å². The lowest BCUT2D eigenvalue weighted by atomic mass is 10.0. The van der Waals surface area contributed by atoms with E-state index in [0.29, 0.717) is 24.5 Å².